The summed E-state index contributed by atoms with van der Waals surface area (Å²) in [4.78, 5) is 12.7. The van der Waals surface area contributed by atoms with Crippen LogP contribution < -0.4 is 0 Å². The standard InChI is InChI=1S/C14H8ClFO2S/c1-7-6-19-14(12(7)15)13(17)11-5-8-4-9(16)2-3-10(8)18-11/h2-6H,1H3. The van der Waals surface area contributed by atoms with E-state index in [1.807, 2.05) is 12.3 Å². The molecule has 0 spiro atoms. The van der Waals surface area contributed by atoms with Crippen LogP contribution in [0.25, 0.3) is 11.0 Å². The Balaban J connectivity index is 2.09. The quantitative estimate of drug-likeness (QED) is 0.634. The van der Waals surface area contributed by atoms with Crippen LogP contribution in [0.5, 0.6) is 0 Å². The minimum absolute atomic E-state index is 0.171. The predicted molar refractivity (Wildman–Crippen MR) is 73.7 cm³/mol. The van der Waals surface area contributed by atoms with Crippen LogP contribution in [0.4, 0.5) is 4.39 Å². The van der Waals surface area contributed by atoms with Gasteiger partial charge in [0, 0.05) is 5.39 Å². The van der Waals surface area contributed by atoms with Gasteiger partial charge in [0.05, 0.1) is 9.90 Å². The van der Waals surface area contributed by atoms with Crippen molar-refractivity contribution in [2.24, 2.45) is 0 Å². The van der Waals surface area contributed by atoms with Crippen LogP contribution in [0, 0.1) is 12.7 Å². The Labute approximate surface area is 117 Å². The van der Waals surface area contributed by atoms with Gasteiger partial charge in [-0.05, 0) is 42.1 Å². The minimum Gasteiger partial charge on any atom is -0.453 e. The number of hydrogen-bond donors (Lipinski definition) is 0. The molecule has 0 amide bonds. The molecule has 0 saturated heterocycles. The molecule has 1 aromatic carbocycles. The van der Waals surface area contributed by atoms with Gasteiger partial charge in [0.2, 0.25) is 5.78 Å². The van der Waals surface area contributed by atoms with Crippen molar-refractivity contribution in [3.8, 4) is 0 Å². The molecular formula is C14H8ClFO2S. The van der Waals surface area contributed by atoms with Crippen LogP contribution in [-0.4, -0.2) is 5.78 Å². The number of benzene rings is 1. The van der Waals surface area contributed by atoms with Crippen molar-refractivity contribution < 1.29 is 13.6 Å². The van der Waals surface area contributed by atoms with Gasteiger partial charge in [-0.3, -0.25) is 4.79 Å². The summed E-state index contributed by atoms with van der Waals surface area (Å²) in [5.41, 5.74) is 1.34. The van der Waals surface area contributed by atoms with Crippen molar-refractivity contribution in [1.82, 2.24) is 0 Å². The lowest BCUT2D eigenvalue weighted by Gasteiger charge is -1.94. The van der Waals surface area contributed by atoms with Crippen LogP contribution >= 0.6 is 22.9 Å². The molecule has 3 rings (SSSR count). The first-order valence-corrected chi connectivity index (χ1v) is 6.79. The number of furan rings is 1. The van der Waals surface area contributed by atoms with E-state index in [1.54, 1.807) is 0 Å². The van der Waals surface area contributed by atoms with Gasteiger partial charge in [0.15, 0.2) is 5.76 Å². The molecule has 0 N–H and O–H groups in total. The van der Waals surface area contributed by atoms with Gasteiger partial charge in [0.25, 0.3) is 0 Å². The first-order valence-electron chi connectivity index (χ1n) is 5.53. The number of ketones is 1. The fourth-order valence-corrected chi connectivity index (χ4v) is 3.04. The third-order valence-electron chi connectivity index (χ3n) is 2.81. The summed E-state index contributed by atoms with van der Waals surface area (Å²) in [5.74, 6) is -0.471. The highest BCUT2D eigenvalue weighted by molar-refractivity contribution is 7.13. The number of hydrogen-bond acceptors (Lipinski definition) is 3. The molecule has 3 aromatic rings. The highest BCUT2D eigenvalue weighted by atomic mass is 35.5. The zero-order valence-electron chi connectivity index (χ0n) is 9.87. The number of thiophene rings is 1. The molecule has 19 heavy (non-hydrogen) atoms. The van der Waals surface area contributed by atoms with Gasteiger partial charge in [0.1, 0.15) is 11.4 Å². The van der Waals surface area contributed by atoms with Gasteiger partial charge in [-0.25, -0.2) is 4.39 Å². The Bertz CT molecular complexity index is 788. The van der Waals surface area contributed by atoms with Crippen molar-refractivity contribution >= 4 is 39.7 Å². The zero-order chi connectivity index (χ0) is 13.6. The second-order valence-corrected chi connectivity index (χ2v) is 5.44. The average Bonchev–Trinajstić information content (AvgIpc) is 2.93. The molecule has 0 aliphatic heterocycles. The molecule has 0 aliphatic rings. The largest absolute Gasteiger partial charge is 0.453 e. The first kappa shape index (κ1) is 12.4. The number of rotatable bonds is 2. The Morgan fingerprint density at radius 1 is 1.37 bits per heavy atom. The molecule has 2 nitrogen and oxygen atoms in total. The van der Waals surface area contributed by atoms with E-state index >= 15 is 0 Å². The second-order valence-electron chi connectivity index (χ2n) is 4.18. The SMILES string of the molecule is Cc1csc(C(=O)c2cc3cc(F)ccc3o2)c1Cl. The lowest BCUT2D eigenvalue weighted by Crippen LogP contribution is -1.96. The number of halogens is 2. The van der Waals surface area contributed by atoms with Crippen molar-refractivity contribution in [3.63, 3.8) is 0 Å². The van der Waals surface area contributed by atoms with Crippen LogP contribution in [-0.2, 0) is 0 Å². The highest BCUT2D eigenvalue weighted by Gasteiger charge is 2.20. The Hall–Kier alpha value is -1.65. The summed E-state index contributed by atoms with van der Waals surface area (Å²) >= 11 is 7.34. The molecule has 2 heterocycles. The van der Waals surface area contributed by atoms with E-state index in [9.17, 15) is 9.18 Å². The van der Waals surface area contributed by atoms with Crippen LogP contribution in [0.15, 0.2) is 34.1 Å². The van der Waals surface area contributed by atoms with Crippen LogP contribution in [0.1, 0.15) is 21.0 Å². The minimum atomic E-state index is -0.364. The third kappa shape index (κ3) is 2.07. The first-order chi connectivity index (χ1) is 9.06. The number of fused-ring (bicyclic) bond motifs is 1. The number of aryl methyl sites for hydroxylation is 1. The van der Waals surface area contributed by atoms with Crippen LogP contribution in [0.2, 0.25) is 5.02 Å². The average molecular weight is 295 g/mol. The molecule has 2 aromatic heterocycles. The van der Waals surface area contributed by atoms with Gasteiger partial charge in [-0.2, -0.15) is 0 Å². The number of carbonyl (C=O) groups is 1. The van der Waals surface area contributed by atoms with E-state index in [0.717, 1.165) is 5.56 Å². The van der Waals surface area contributed by atoms with Crippen molar-refractivity contribution in [2.45, 2.75) is 6.92 Å². The van der Waals surface area contributed by atoms with E-state index in [2.05, 4.69) is 0 Å². The Morgan fingerprint density at radius 3 is 2.84 bits per heavy atom. The summed E-state index contributed by atoms with van der Waals surface area (Å²) in [7, 11) is 0. The van der Waals surface area contributed by atoms with Crippen LogP contribution in [0.3, 0.4) is 0 Å². The fraction of sp³-hybridized carbons (Fsp3) is 0.0714. The summed E-state index contributed by atoms with van der Waals surface area (Å²) < 4.78 is 18.5. The molecule has 0 aliphatic carbocycles. The summed E-state index contributed by atoms with van der Waals surface area (Å²) in [6, 6.07) is 5.66. The molecule has 96 valence electrons. The summed E-state index contributed by atoms with van der Waals surface area (Å²) in [6.07, 6.45) is 0. The fourth-order valence-electron chi connectivity index (χ4n) is 1.82. The molecule has 0 fully saturated rings. The highest BCUT2D eigenvalue weighted by Crippen LogP contribution is 2.31. The predicted octanol–water partition coefficient (Wildman–Crippen LogP) is 4.83. The summed E-state index contributed by atoms with van der Waals surface area (Å²) in [6.45, 7) is 1.84. The molecule has 0 radical (unpaired) electrons. The number of carbonyl (C=O) groups excluding carboxylic acids is 1. The molecule has 5 heteroatoms. The van der Waals surface area contributed by atoms with Crippen molar-refractivity contribution in [2.75, 3.05) is 0 Å². The monoisotopic (exact) mass is 294 g/mol. The lowest BCUT2D eigenvalue weighted by atomic mass is 10.2. The second kappa shape index (κ2) is 4.47. The maximum atomic E-state index is 13.1. The van der Waals surface area contributed by atoms with Crippen molar-refractivity contribution in [3.05, 3.63) is 56.7 Å². The molecule has 0 saturated carbocycles. The molecule has 0 bridgehead atoms. The van der Waals surface area contributed by atoms with Gasteiger partial charge < -0.3 is 4.42 Å². The Morgan fingerprint density at radius 2 is 2.16 bits per heavy atom. The van der Waals surface area contributed by atoms with Crippen molar-refractivity contribution in [1.29, 1.82) is 0 Å². The maximum Gasteiger partial charge on any atom is 0.239 e. The summed E-state index contributed by atoms with van der Waals surface area (Å²) in [5, 5.41) is 2.83. The van der Waals surface area contributed by atoms with E-state index < -0.39 is 0 Å². The molecule has 0 unspecified atom stereocenters. The van der Waals surface area contributed by atoms with Gasteiger partial charge in [-0.1, -0.05) is 11.6 Å². The maximum absolute atomic E-state index is 13.1. The topological polar surface area (TPSA) is 30.2 Å². The van der Waals surface area contributed by atoms with E-state index in [4.69, 9.17) is 16.0 Å². The molecular weight excluding hydrogens is 287 g/mol. The smallest absolute Gasteiger partial charge is 0.239 e. The normalized spacial score (nSPS) is 11.1. The van der Waals surface area contributed by atoms with E-state index in [-0.39, 0.29) is 17.4 Å². The zero-order valence-corrected chi connectivity index (χ0v) is 11.4. The lowest BCUT2D eigenvalue weighted by molar-refractivity contribution is 0.101. The van der Waals surface area contributed by atoms with Gasteiger partial charge >= 0.3 is 0 Å². The third-order valence-corrected chi connectivity index (χ3v) is 4.50. The van der Waals surface area contributed by atoms with Gasteiger partial charge in [-0.15, -0.1) is 11.3 Å². The Kier molecular flexibility index (Phi) is 2.92. The van der Waals surface area contributed by atoms with E-state index in [1.165, 1.54) is 35.6 Å². The van der Waals surface area contributed by atoms with E-state index in [0.29, 0.717) is 20.9 Å². The molecule has 0 atom stereocenters.